The van der Waals surface area contributed by atoms with Crippen molar-refractivity contribution in [3.63, 3.8) is 0 Å². The highest BCUT2D eigenvalue weighted by atomic mass is 32.1. The Balaban J connectivity index is 1.89. The molecule has 2 atom stereocenters. The van der Waals surface area contributed by atoms with Gasteiger partial charge in [0, 0.05) is 18.9 Å². The fourth-order valence-corrected chi connectivity index (χ4v) is 2.76. The van der Waals surface area contributed by atoms with Crippen LogP contribution in [0.15, 0.2) is 35.7 Å². The molecule has 0 spiro atoms. The number of aromatic nitrogens is 1. The molecule has 0 bridgehead atoms. The van der Waals surface area contributed by atoms with Gasteiger partial charge in [-0.15, -0.1) is 11.3 Å². The van der Waals surface area contributed by atoms with Gasteiger partial charge in [0.2, 0.25) is 0 Å². The second-order valence-electron chi connectivity index (χ2n) is 5.08. The first kappa shape index (κ1) is 16.6. The van der Waals surface area contributed by atoms with Crippen LogP contribution in [0.4, 0.5) is 0 Å². The second-order valence-corrected chi connectivity index (χ2v) is 6.02. The Morgan fingerprint density at radius 1 is 1.41 bits per heavy atom. The SMILES string of the molecule is COCc1nc(C(=O)NC(C)C(O)Cc2ccccc2)cs1. The van der Waals surface area contributed by atoms with E-state index in [1.54, 1.807) is 19.4 Å². The normalized spacial score (nSPS) is 13.6. The van der Waals surface area contributed by atoms with Crippen molar-refractivity contribution in [2.75, 3.05) is 7.11 Å². The second kappa shape index (κ2) is 8.03. The van der Waals surface area contributed by atoms with Crippen LogP contribution >= 0.6 is 11.3 Å². The lowest BCUT2D eigenvalue weighted by Crippen LogP contribution is -2.42. The molecular weight excluding hydrogens is 300 g/mol. The quantitative estimate of drug-likeness (QED) is 0.819. The van der Waals surface area contributed by atoms with Crippen LogP contribution in [0, 0.1) is 0 Å². The number of nitrogens with one attached hydrogen (secondary N) is 1. The average Bonchev–Trinajstić information content (AvgIpc) is 2.97. The molecule has 2 unspecified atom stereocenters. The van der Waals surface area contributed by atoms with Gasteiger partial charge in [-0.05, 0) is 12.5 Å². The lowest BCUT2D eigenvalue weighted by atomic mass is 10.0. The Morgan fingerprint density at radius 2 is 2.14 bits per heavy atom. The molecule has 6 heteroatoms. The van der Waals surface area contributed by atoms with Gasteiger partial charge < -0.3 is 15.2 Å². The molecule has 118 valence electrons. The van der Waals surface area contributed by atoms with Crippen molar-refractivity contribution in [1.82, 2.24) is 10.3 Å². The van der Waals surface area contributed by atoms with Gasteiger partial charge in [-0.3, -0.25) is 4.79 Å². The lowest BCUT2D eigenvalue weighted by molar-refractivity contribution is 0.0847. The zero-order valence-corrected chi connectivity index (χ0v) is 13.5. The van der Waals surface area contributed by atoms with Gasteiger partial charge in [0.05, 0.1) is 18.8 Å². The highest BCUT2D eigenvalue weighted by molar-refractivity contribution is 7.09. The average molecular weight is 320 g/mol. The minimum atomic E-state index is -0.650. The smallest absolute Gasteiger partial charge is 0.271 e. The number of amides is 1. The number of hydrogen-bond donors (Lipinski definition) is 2. The molecule has 2 N–H and O–H groups in total. The molecule has 0 fully saturated rings. The van der Waals surface area contributed by atoms with Crippen LogP contribution in [-0.2, 0) is 17.8 Å². The number of benzene rings is 1. The minimum Gasteiger partial charge on any atom is -0.391 e. The monoisotopic (exact) mass is 320 g/mol. The molecule has 5 nitrogen and oxygen atoms in total. The molecule has 0 aliphatic heterocycles. The highest BCUT2D eigenvalue weighted by Crippen LogP contribution is 2.11. The Kier molecular flexibility index (Phi) is 6.06. The number of carbonyl (C=O) groups excluding carboxylic acids is 1. The molecule has 0 radical (unpaired) electrons. The van der Waals surface area contributed by atoms with Crippen LogP contribution in [0.5, 0.6) is 0 Å². The van der Waals surface area contributed by atoms with Crippen LogP contribution in [0.3, 0.4) is 0 Å². The van der Waals surface area contributed by atoms with Crippen LogP contribution in [0.2, 0.25) is 0 Å². The maximum atomic E-state index is 12.1. The summed E-state index contributed by atoms with van der Waals surface area (Å²) in [6, 6.07) is 9.33. The summed E-state index contributed by atoms with van der Waals surface area (Å²) in [5.41, 5.74) is 1.39. The summed E-state index contributed by atoms with van der Waals surface area (Å²) in [5.74, 6) is -0.279. The fraction of sp³-hybridized carbons (Fsp3) is 0.375. The van der Waals surface area contributed by atoms with Crippen LogP contribution in [0.1, 0.15) is 28.0 Å². The van der Waals surface area contributed by atoms with E-state index in [9.17, 15) is 9.90 Å². The van der Waals surface area contributed by atoms with E-state index in [1.165, 1.54) is 11.3 Å². The first-order valence-electron chi connectivity index (χ1n) is 7.06. The van der Waals surface area contributed by atoms with Gasteiger partial charge in [-0.2, -0.15) is 0 Å². The number of ether oxygens (including phenoxy) is 1. The van der Waals surface area contributed by atoms with Gasteiger partial charge in [-0.1, -0.05) is 30.3 Å². The van der Waals surface area contributed by atoms with Crippen molar-refractivity contribution in [3.05, 3.63) is 52.0 Å². The lowest BCUT2D eigenvalue weighted by Gasteiger charge is -2.19. The summed E-state index contributed by atoms with van der Waals surface area (Å²) < 4.78 is 4.98. The number of methoxy groups -OCH3 is 1. The molecule has 1 heterocycles. The summed E-state index contributed by atoms with van der Waals surface area (Å²) >= 11 is 1.38. The third-order valence-electron chi connectivity index (χ3n) is 3.28. The Morgan fingerprint density at radius 3 is 2.82 bits per heavy atom. The van der Waals surface area contributed by atoms with Crippen molar-refractivity contribution >= 4 is 17.2 Å². The number of hydrogen-bond acceptors (Lipinski definition) is 5. The van der Waals surface area contributed by atoms with Crippen molar-refractivity contribution in [2.24, 2.45) is 0 Å². The topological polar surface area (TPSA) is 71.5 Å². The fourth-order valence-electron chi connectivity index (χ4n) is 2.01. The van der Waals surface area contributed by atoms with Gasteiger partial charge in [0.15, 0.2) is 0 Å². The Bertz CT molecular complexity index is 600. The standard InChI is InChI=1S/C16H20N2O3S/c1-11(14(19)8-12-6-4-3-5-7-12)17-16(20)13-10-22-15(18-13)9-21-2/h3-7,10-11,14,19H,8-9H2,1-2H3,(H,17,20). The van der Waals surface area contributed by atoms with Crippen molar-refractivity contribution in [3.8, 4) is 0 Å². The molecule has 1 aromatic carbocycles. The van der Waals surface area contributed by atoms with Crippen molar-refractivity contribution in [2.45, 2.75) is 32.1 Å². The van der Waals surface area contributed by atoms with E-state index in [0.717, 1.165) is 10.6 Å². The minimum absolute atomic E-state index is 0.279. The molecule has 0 saturated heterocycles. The van der Waals surface area contributed by atoms with Gasteiger partial charge in [0.1, 0.15) is 10.7 Å². The molecule has 1 aromatic heterocycles. The maximum absolute atomic E-state index is 12.1. The number of aliphatic hydroxyl groups is 1. The zero-order valence-electron chi connectivity index (χ0n) is 12.7. The first-order chi connectivity index (χ1) is 10.6. The summed E-state index contributed by atoms with van der Waals surface area (Å²) in [5, 5.41) is 15.4. The van der Waals surface area contributed by atoms with Gasteiger partial charge in [-0.25, -0.2) is 4.98 Å². The molecular formula is C16H20N2O3S. The molecule has 0 aliphatic rings. The van der Waals surface area contributed by atoms with Gasteiger partial charge >= 0.3 is 0 Å². The van der Waals surface area contributed by atoms with E-state index >= 15 is 0 Å². The van der Waals surface area contributed by atoms with Crippen LogP contribution in [-0.4, -0.2) is 35.3 Å². The third kappa shape index (κ3) is 4.62. The number of carbonyl (C=O) groups is 1. The van der Waals surface area contributed by atoms with Crippen LogP contribution in [0.25, 0.3) is 0 Å². The molecule has 0 aliphatic carbocycles. The zero-order chi connectivity index (χ0) is 15.9. The maximum Gasteiger partial charge on any atom is 0.271 e. The molecule has 22 heavy (non-hydrogen) atoms. The first-order valence-corrected chi connectivity index (χ1v) is 7.94. The van der Waals surface area contributed by atoms with E-state index in [2.05, 4.69) is 10.3 Å². The molecule has 0 saturated carbocycles. The summed E-state index contributed by atoms with van der Waals surface area (Å²) in [6.07, 6.45) is -0.155. The van der Waals surface area contributed by atoms with Crippen LogP contribution < -0.4 is 5.32 Å². The predicted molar refractivity (Wildman–Crippen MR) is 85.9 cm³/mol. The number of nitrogens with zero attached hydrogens (tertiary/aromatic N) is 1. The number of rotatable bonds is 7. The summed E-state index contributed by atoms with van der Waals surface area (Å²) in [6.45, 7) is 2.18. The van der Waals surface area contributed by atoms with Crippen molar-refractivity contribution < 1.29 is 14.6 Å². The largest absolute Gasteiger partial charge is 0.391 e. The van der Waals surface area contributed by atoms with Crippen molar-refractivity contribution in [1.29, 1.82) is 0 Å². The van der Waals surface area contributed by atoms with E-state index in [4.69, 9.17) is 4.74 Å². The highest BCUT2D eigenvalue weighted by Gasteiger charge is 2.19. The Labute approximate surface area is 134 Å². The van der Waals surface area contributed by atoms with E-state index in [1.807, 2.05) is 30.3 Å². The number of aliphatic hydroxyl groups excluding tert-OH is 1. The summed E-state index contributed by atoms with van der Waals surface area (Å²) in [4.78, 5) is 16.3. The third-order valence-corrected chi connectivity index (χ3v) is 4.10. The molecule has 1 amide bonds. The number of thiazole rings is 1. The molecule has 2 aromatic rings. The molecule has 2 rings (SSSR count). The van der Waals surface area contributed by atoms with Gasteiger partial charge in [0.25, 0.3) is 5.91 Å². The van der Waals surface area contributed by atoms with E-state index in [0.29, 0.717) is 18.7 Å². The summed E-state index contributed by atoms with van der Waals surface area (Å²) in [7, 11) is 1.59. The van der Waals surface area contributed by atoms with E-state index in [-0.39, 0.29) is 11.9 Å². The Hall–Kier alpha value is -1.76. The van der Waals surface area contributed by atoms with E-state index < -0.39 is 6.10 Å². The predicted octanol–water partition coefficient (Wildman–Crippen LogP) is 2.01.